The second-order valence-corrected chi connectivity index (χ2v) is 6.06. The normalized spacial score (nSPS) is 13.6. The highest BCUT2D eigenvalue weighted by atomic mass is 16.5. The third-order valence-corrected chi connectivity index (χ3v) is 4.43. The number of rotatable bonds is 6. The van der Waals surface area contributed by atoms with Gasteiger partial charge in [-0.1, -0.05) is 12.1 Å². The fourth-order valence-electron chi connectivity index (χ4n) is 2.98. The van der Waals surface area contributed by atoms with E-state index in [-0.39, 0.29) is 11.8 Å². The molecule has 3 rings (SSSR count). The molecule has 0 bridgehead atoms. The van der Waals surface area contributed by atoms with Crippen LogP contribution in [0.4, 0.5) is 5.69 Å². The van der Waals surface area contributed by atoms with Gasteiger partial charge in [-0.25, -0.2) is 0 Å². The fraction of sp³-hybridized carbons (Fsp3) is 0.300. The fourth-order valence-corrected chi connectivity index (χ4v) is 2.98. The summed E-state index contributed by atoms with van der Waals surface area (Å²) in [5.41, 5.74) is 2.28. The Hall–Kier alpha value is -3.02. The smallest absolute Gasteiger partial charge is 0.255 e. The number of carbonyl (C=O) groups is 2. The minimum absolute atomic E-state index is 0.163. The lowest BCUT2D eigenvalue weighted by molar-refractivity contribution is -0.117. The number of benzene rings is 2. The van der Waals surface area contributed by atoms with Gasteiger partial charge in [0.25, 0.3) is 5.91 Å². The minimum Gasteiger partial charge on any atom is -0.497 e. The van der Waals surface area contributed by atoms with Crippen molar-refractivity contribution in [3.05, 3.63) is 53.6 Å². The van der Waals surface area contributed by atoms with Crippen LogP contribution in [0, 0.1) is 0 Å². The minimum atomic E-state index is -0.237. The molecule has 136 valence electrons. The van der Waals surface area contributed by atoms with E-state index in [1.807, 2.05) is 24.3 Å². The van der Waals surface area contributed by atoms with Gasteiger partial charge in [-0.2, -0.15) is 0 Å². The first-order chi connectivity index (χ1) is 12.6. The number of nitrogens with one attached hydrogen (secondary N) is 1. The van der Waals surface area contributed by atoms with Crippen molar-refractivity contribution >= 4 is 17.5 Å². The van der Waals surface area contributed by atoms with Crippen LogP contribution in [0.1, 0.15) is 28.8 Å². The standard InChI is InChI=1S/C20H22N2O4/c1-25-16-9-10-18(26-2)17(12-16)20(24)21-13-14-5-7-15(8-6-14)22-11-3-4-19(22)23/h5-10,12H,3-4,11,13H2,1-2H3,(H,21,24). The lowest BCUT2D eigenvalue weighted by Gasteiger charge is -2.16. The van der Waals surface area contributed by atoms with Crippen LogP contribution in [0.3, 0.4) is 0 Å². The van der Waals surface area contributed by atoms with Gasteiger partial charge in [0.2, 0.25) is 5.91 Å². The number of carbonyl (C=O) groups excluding carboxylic acids is 2. The Kier molecular flexibility index (Phi) is 5.41. The lowest BCUT2D eigenvalue weighted by Crippen LogP contribution is -2.24. The van der Waals surface area contributed by atoms with Crippen molar-refractivity contribution in [1.29, 1.82) is 0 Å². The summed E-state index contributed by atoms with van der Waals surface area (Å²) in [6, 6.07) is 12.8. The molecule has 2 amide bonds. The molecule has 0 atom stereocenters. The molecule has 0 aliphatic carbocycles. The van der Waals surface area contributed by atoms with E-state index in [0.717, 1.165) is 24.2 Å². The first kappa shape index (κ1) is 17.8. The van der Waals surface area contributed by atoms with Gasteiger partial charge < -0.3 is 19.7 Å². The van der Waals surface area contributed by atoms with Crippen LogP contribution in [0.5, 0.6) is 11.5 Å². The van der Waals surface area contributed by atoms with E-state index in [1.54, 1.807) is 30.2 Å². The molecule has 0 spiro atoms. The Labute approximate surface area is 152 Å². The highest BCUT2D eigenvalue weighted by Gasteiger charge is 2.21. The maximum atomic E-state index is 12.5. The summed E-state index contributed by atoms with van der Waals surface area (Å²) in [5, 5.41) is 2.88. The van der Waals surface area contributed by atoms with Crippen LogP contribution in [0.25, 0.3) is 0 Å². The highest BCUT2D eigenvalue weighted by molar-refractivity contribution is 5.97. The van der Waals surface area contributed by atoms with E-state index in [0.29, 0.717) is 30.0 Å². The molecule has 1 aliphatic rings. The largest absolute Gasteiger partial charge is 0.497 e. The third kappa shape index (κ3) is 3.79. The van der Waals surface area contributed by atoms with Crippen molar-refractivity contribution in [2.45, 2.75) is 19.4 Å². The quantitative estimate of drug-likeness (QED) is 0.866. The maximum absolute atomic E-state index is 12.5. The summed E-state index contributed by atoms with van der Waals surface area (Å²) >= 11 is 0. The van der Waals surface area contributed by atoms with Crippen molar-refractivity contribution in [2.75, 3.05) is 25.7 Å². The van der Waals surface area contributed by atoms with Gasteiger partial charge in [-0.15, -0.1) is 0 Å². The Morgan fingerprint density at radius 2 is 1.88 bits per heavy atom. The molecule has 1 N–H and O–H groups in total. The molecule has 6 nitrogen and oxygen atoms in total. The first-order valence-corrected chi connectivity index (χ1v) is 8.52. The lowest BCUT2D eigenvalue weighted by atomic mass is 10.1. The van der Waals surface area contributed by atoms with E-state index < -0.39 is 0 Å². The summed E-state index contributed by atoms with van der Waals surface area (Å²) in [4.78, 5) is 26.1. The monoisotopic (exact) mass is 354 g/mol. The van der Waals surface area contributed by atoms with Gasteiger partial charge in [0.05, 0.1) is 19.8 Å². The van der Waals surface area contributed by atoms with Gasteiger partial charge in [-0.05, 0) is 42.3 Å². The summed E-state index contributed by atoms with van der Waals surface area (Å²) in [5.74, 6) is 1.01. The molecular weight excluding hydrogens is 332 g/mol. The SMILES string of the molecule is COc1ccc(OC)c(C(=O)NCc2ccc(N3CCCC3=O)cc2)c1. The molecule has 1 fully saturated rings. The van der Waals surface area contributed by atoms with Crippen molar-refractivity contribution in [3.8, 4) is 11.5 Å². The summed E-state index contributed by atoms with van der Waals surface area (Å²) in [6.45, 7) is 1.15. The molecule has 2 aromatic carbocycles. The Balaban J connectivity index is 1.65. The summed E-state index contributed by atoms with van der Waals surface area (Å²) in [7, 11) is 3.08. The molecule has 0 aromatic heterocycles. The van der Waals surface area contributed by atoms with Gasteiger partial charge in [0.1, 0.15) is 11.5 Å². The van der Waals surface area contributed by atoms with E-state index in [4.69, 9.17) is 9.47 Å². The highest BCUT2D eigenvalue weighted by Crippen LogP contribution is 2.24. The third-order valence-electron chi connectivity index (χ3n) is 4.43. The average Bonchev–Trinajstić information content (AvgIpc) is 3.11. The van der Waals surface area contributed by atoms with Crippen LogP contribution in [0.15, 0.2) is 42.5 Å². The van der Waals surface area contributed by atoms with E-state index in [2.05, 4.69) is 5.32 Å². The van der Waals surface area contributed by atoms with Crippen molar-refractivity contribution in [2.24, 2.45) is 0 Å². The predicted molar refractivity (Wildman–Crippen MR) is 98.7 cm³/mol. The topological polar surface area (TPSA) is 67.9 Å². The Morgan fingerprint density at radius 3 is 2.50 bits per heavy atom. The second-order valence-electron chi connectivity index (χ2n) is 6.06. The number of ether oxygens (including phenoxy) is 2. The van der Waals surface area contributed by atoms with Crippen molar-refractivity contribution in [1.82, 2.24) is 5.32 Å². The van der Waals surface area contributed by atoms with Gasteiger partial charge in [0.15, 0.2) is 0 Å². The zero-order valence-corrected chi connectivity index (χ0v) is 15.0. The molecular formula is C20H22N2O4. The molecule has 2 aromatic rings. The molecule has 1 heterocycles. The Morgan fingerprint density at radius 1 is 1.12 bits per heavy atom. The van der Waals surface area contributed by atoms with Crippen molar-refractivity contribution < 1.29 is 19.1 Å². The predicted octanol–water partition coefficient (Wildman–Crippen LogP) is 2.76. The van der Waals surface area contributed by atoms with Crippen LogP contribution in [-0.2, 0) is 11.3 Å². The summed E-state index contributed by atoms with van der Waals surface area (Å²) < 4.78 is 10.4. The second kappa shape index (κ2) is 7.91. The van der Waals surface area contributed by atoms with Crippen molar-refractivity contribution in [3.63, 3.8) is 0 Å². The molecule has 0 radical (unpaired) electrons. The first-order valence-electron chi connectivity index (χ1n) is 8.52. The van der Waals surface area contributed by atoms with E-state index >= 15 is 0 Å². The van der Waals surface area contributed by atoms with Crippen LogP contribution in [-0.4, -0.2) is 32.6 Å². The zero-order valence-electron chi connectivity index (χ0n) is 15.0. The number of hydrogen-bond donors (Lipinski definition) is 1. The molecule has 1 saturated heterocycles. The molecule has 0 saturated carbocycles. The van der Waals surface area contributed by atoms with Gasteiger partial charge in [0, 0.05) is 25.2 Å². The van der Waals surface area contributed by atoms with E-state index in [9.17, 15) is 9.59 Å². The average molecular weight is 354 g/mol. The zero-order chi connectivity index (χ0) is 18.5. The Bertz CT molecular complexity index is 802. The number of nitrogens with zero attached hydrogens (tertiary/aromatic N) is 1. The number of hydrogen-bond acceptors (Lipinski definition) is 4. The molecule has 1 aliphatic heterocycles. The number of amides is 2. The number of methoxy groups -OCH3 is 2. The van der Waals surface area contributed by atoms with Gasteiger partial charge in [-0.3, -0.25) is 9.59 Å². The van der Waals surface area contributed by atoms with Crippen LogP contribution in [0.2, 0.25) is 0 Å². The molecule has 26 heavy (non-hydrogen) atoms. The van der Waals surface area contributed by atoms with Crippen LogP contribution >= 0.6 is 0 Å². The van der Waals surface area contributed by atoms with E-state index in [1.165, 1.54) is 7.11 Å². The van der Waals surface area contributed by atoms with Gasteiger partial charge >= 0.3 is 0 Å². The number of anilines is 1. The maximum Gasteiger partial charge on any atom is 0.255 e. The molecule has 6 heteroatoms. The molecule has 0 unspecified atom stereocenters. The van der Waals surface area contributed by atoms with Crippen LogP contribution < -0.4 is 19.7 Å². The summed E-state index contributed by atoms with van der Waals surface area (Å²) in [6.07, 6.45) is 1.51.